The third-order valence-electron chi connectivity index (χ3n) is 3.71. The lowest BCUT2D eigenvalue weighted by Gasteiger charge is -2.29. The molecule has 5 nitrogen and oxygen atoms in total. The molecule has 1 fully saturated rings. The minimum absolute atomic E-state index is 0.154. The van der Waals surface area contributed by atoms with E-state index in [1.54, 1.807) is 0 Å². The van der Waals surface area contributed by atoms with Crippen molar-refractivity contribution in [3.63, 3.8) is 0 Å². The van der Waals surface area contributed by atoms with E-state index in [4.69, 9.17) is 10.00 Å². The Morgan fingerprint density at radius 1 is 1.29 bits per heavy atom. The summed E-state index contributed by atoms with van der Waals surface area (Å²) in [6.07, 6.45) is 0. The van der Waals surface area contributed by atoms with Gasteiger partial charge >= 0.3 is 0 Å². The first-order chi connectivity index (χ1) is 10.3. The topological polar surface area (TPSA) is 59.7 Å². The summed E-state index contributed by atoms with van der Waals surface area (Å²) < 4.78 is 5.35. The molecule has 1 heterocycles. The zero-order valence-electron chi connectivity index (χ0n) is 12.4. The van der Waals surface area contributed by atoms with E-state index in [1.165, 1.54) is 0 Å². The quantitative estimate of drug-likeness (QED) is 0.800. The number of aliphatic hydroxyl groups excluding tert-OH is 1. The molecule has 0 atom stereocenters. The maximum atomic E-state index is 9.22. The first kappa shape index (κ1) is 15.9. The molecule has 2 rings (SSSR count). The van der Waals surface area contributed by atoms with Crippen LogP contribution >= 0.6 is 0 Å². The molecule has 1 aromatic carbocycles. The predicted molar refractivity (Wildman–Crippen MR) is 80.8 cm³/mol. The van der Waals surface area contributed by atoms with Crippen LogP contribution < -0.4 is 0 Å². The molecular weight excluding hydrogens is 266 g/mol. The van der Waals surface area contributed by atoms with Crippen molar-refractivity contribution in [2.75, 3.05) is 52.5 Å². The van der Waals surface area contributed by atoms with E-state index >= 15 is 0 Å². The highest BCUT2D eigenvalue weighted by Crippen LogP contribution is 2.08. The maximum absolute atomic E-state index is 9.22. The van der Waals surface area contributed by atoms with Crippen LogP contribution in [0.2, 0.25) is 0 Å². The van der Waals surface area contributed by atoms with Crippen LogP contribution in [-0.4, -0.2) is 67.5 Å². The third-order valence-corrected chi connectivity index (χ3v) is 3.71. The Bertz CT molecular complexity index is 467. The summed E-state index contributed by atoms with van der Waals surface area (Å²) in [6.45, 7) is 7.06. The third kappa shape index (κ3) is 5.44. The average molecular weight is 289 g/mol. The van der Waals surface area contributed by atoms with Crippen molar-refractivity contribution in [1.29, 1.82) is 5.26 Å². The van der Waals surface area contributed by atoms with E-state index in [9.17, 15) is 5.11 Å². The second-order valence-corrected chi connectivity index (χ2v) is 5.27. The zero-order chi connectivity index (χ0) is 14.9. The van der Waals surface area contributed by atoms with Crippen LogP contribution in [-0.2, 0) is 11.3 Å². The average Bonchev–Trinajstić information content (AvgIpc) is 2.54. The summed E-state index contributed by atoms with van der Waals surface area (Å²) in [7, 11) is 0. The Balaban J connectivity index is 1.87. The highest BCUT2D eigenvalue weighted by atomic mass is 16.5. The van der Waals surface area contributed by atoms with Gasteiger partial charge in [0.2, 0.25) is 0 Å². The van der Waals surface area contributed by atoms with Gasteiger partial charge in [-0.25, -0.2) is 0 Å². The Morgan fingerprint density at radius 2 is 2.10 bits per heavy atom. The monoisotopic (exact) mass is 289 g/mol. The van der Waals surface area contributed by atoms with Gasteiger partial charge in [0, 0.05) is 39.3 Å². The molecule has 5 heteroatoms. The molecule has 1 N–H and O–H groups in total. The second kappa shape index (κ2) is 8.75. The first-order valence-electron chi connectivity index (χ1n) is 7.44. The molecule has 0 bridgehead atoms. The highest BCUT2D eigenvalue weighted by molar-refractivity contribution is 5.32. The van der Waals surface area contributed by atoms with Crippen LogP contribution in [0.4, 0.5) is 0 Å². The van der Waals surface area contributed by atoms with E-state index in [2.05, 4.69) is 15.9 Å². The minimum atomic E-state index is 0.154. The van der Waals surface area contributed by atoms with Crippen molar-refractivity contribution in [3.8, 4) is 6.07 Å². The molecule has 0 unspecified atom stereocenters. The van der Waals surface area contributed by atoms with Crippen LogP contribution in [0.25, 0.3) is 0 Å². The molecule has 0 radical (unpaired) electrons. The van der Waals surface area contributed by atoms with Crippen molar-refractivity contribution >= 4 is 0 Å². The Labute approximate surface area is 126 Å². The molecule has 21 heavy (non-hydrogen) atoms. The van der Waals surface area contributed by atoms with Gasteiger partial charge in [-0.1, -0.05) is 12.1 Å². The molecule has 0 spiro atoms. The lowest BCUT2D eigenvalue weighted by Crippen LogP contribution is -2.41. The van der Waals surface area contributed by atoms with E-state index < -0.39 is 0 Å². The van der Waals surface area contributed by atoms with Crippen LogP contribution in [0.1, 0.15) is 11.1 Å². The Hall–Kier alpha value is -1.45. The SMILES string of the molecule is N#Cc1cccc(CN(CCO)CCN2CCOCC2)c1. The van der Waals surface area contributed by atoms with E-state index in [0.717, 1.165) is 51.5 Å². The van der Waals surface area contributed by atoms with Gasteiger partial charge in [-0.2, -0.15) is 5.26 Å². The fourth-order valence-corrected chi connectivity index (χ4v) is 2.52. The highest BCUT2D eigenvalue weighted by Gasteiger charge is 2.12. The normalized spacial score (nSPS) is 16.0. The van der Waals surface area contributed by atoms with Gasteiger partial charge in [-0.05, 0) is 17.7 Å². The fourth-order valence-electron chi connectivity index (χ4n) is 2.52. The van der Waals surface area contributed by atoms with Crippen molar-refractivity contribution in [1.82, 2.24) is 9.80 Å². The molecule has 1 aliphatic heterocycles. The van der Waals surface area contributed by atoms with Gasteiger partial charge in [0.15, 0.2) is 0 Å². The van der Waals surface area contributed by atoms with Crippen LogP contribution in [0.15, 0.2) is 24.3 Å². The lowest BCUT2D eigenvalue weighted by atomic mass is 10.1. The fraction of sp³-hybridized carbons (Fsp3) is 0.562. The molecule has 1 aromatic rings. The van der Waals surface area contributed by atoms with E-state index in [0.29, 0.717) is 12.1 Å². The van der Waals surface area contributed by atoms with E-state index in [-0.39, 0.29) is 6.61 Å². The van der Waals surface area contributed by atoms with Crippen molar-refractivity contribution < 1.29 is 9.84 Å². The summed E-state index contributed by atoms with van der Waals surface area (Å²) in [5.41, 5.74) is 1.80. The number of morpholine rings is 1. The zero-order valence-corrected chi connectivity index (χ0v) is 12.4. The van der Waals surface area contributed by atoms with Crippen LogP contribution in [0, 0.1) is 11.3 Å². The number of hydrogen-bond acceptors (Lipinski definition) is 5. The molecule has 0 amide bonds. The van der Waals surface area contributed by atoms with E-state index in [1.807, 2.05) is 24.3 Å². The van der Waals surface area contributed by atoms with Crippen molar-refractivity contribution in [3.05, 3.63) is 35.4 Å². The lowest BCUT2D eigenvalue weighted by molar-refractivity contribution is 0.0320. The molecular formula is C16H23N3O2. The van der Waals surface area contributed by atoms with Gasteiger partial charge in [-0.15, -0.1) is 0 Å². The van der Waals surface area contributed by atoms with Crippen LogP contribution in [0.3, 0.4) is 0 Å². The van der Waals surface area contributed by atoms with Gasteiger partial charge in [-0.3, -0.25) is 9.80 Å². The second-order valence-electron chi connectivity index (χ2n) is 5.27. The molecule has 114 valence electrons. The van der Waals surface area contributed by atoms with Crippen molar-refractivity contribution in [2.45, 2.75) is 6.54 Å². The standard InChI is InChI=1S/C16H23N3O2/c17-13-15-2-1-3-16(12-15)14-19(6-9-20)5-4-18-7-10-21-11-8-18/h1-3,12,20H,4-11,14H2. The number of nitrogens with zero attached hydrogens (tertiary/aromatic N) is 3. The number of aliphatic hydroxyl groups is 1. The predicted octanol–water partition coefficient (Wildman–Crippen LogP) is 0.685. The summed E-state index contributed by atoms with van der Waals surface area (Å²) in [5, 5.41) is 18.2. The molecule has 1 aliphatic rings. The maximum Gasteiger partial charge on any atom is 0.0991 e. The number of benzene rings is 1. The van der Waals surface area contributed by atoms with Gasteiger partial charge in [0.25, 0.3) is 0 Å². The van der Waals surface area contributed by atoms with Gasteiger partial charge in [0.1, 0.15) is 0 Å². The van der Waals surface area contributed by atoms with Crippen LogP contribution in [0.5, 0.6) is 0 Å². The molecule has 0 aliphatic carbocycles. The summed E-state index contributed by atoms with van der Waals surface area (Å²) in [5.74, 6) is 0. The smallest absolute Gasteiger partial charge is 0.0991 e. The number of hydrogen-bond donors (Lipinski definition) is 1. The largest absolute Gasteiger partial charge is 0.395 e. The number of rotatable bonds is 7. The summed E-state index contributed by atoms with van der Waals surface area (Å²) in [6, 6.07) is 9.83. The van der Waals surface area contributed by atoms with Gasteiger partial charge < -0.3 is 9.84 Å². The number of ether oxygens (including phenoxy) is 1. The first-order valence-corrected chi connectivity index (χ1v) is 7.44. The summed E-state index contributed by atoms with van der Waals surface area (Å²) in [4.78, 5) is 4.62. The number of nitriles is 1. The minimum Gasteiger partial charge on any atom is -0.395 e. The Morgan fingerprint density at radius 3 is 2.81 bits per heavy atom. The summed E-state index contributed by atoms with van der Waals surface area (Å²) >= 11 is 0. The Kier molecular flexibility index (Phi) is 6.64. The van der Waals surface area contributed by atoms with Crippen molar-refractivity contribution in [2.24, 2.45) is 0 Å². The molecule has 0 aromatic heterocycles. The molecule has 1 saturated heterocycles. The molecule has 0 saturated carbocycles. The van der Waals surface area contributed by atoms with Gasteiger partial charge in [0.05, 0.1) is 31.5 Å².